The fourth-order valence-electron chi connectivity index (χ4n) is 2.07. The minimum atomic E-state index is -0.418. The van der Waals surface area contributed by atoms with Gasteiger partial charge in [0.05, 0.1) is 0 Å². The van der Waals surface area contributed by atoms with E-state index in [4.69, 9.17) is 23.2 Å². The van der Waals surface area contributed by atoms with Crippen molar-refractivity contribution in [3.63, 3.8) is 0 Å². The van der Waals surface area contributed by atoms with Gasteiger partial charge in [-0.25, -0.2) is 14.4 Å². The van der Waals surface area contributed by atoms with Crippen LogP contribution in [0.1, 0.15) is 5.56 Å². The van der Waals surface area contributed by atoms with Crippen LogP contribution >= 0.6 is 23.2 Å². The Hall–Kier alpha value is -1.71. The molecule has 20 heavy (non-hydrogen) atoms. The molecular formula is C15H9Cl2FN2. The molecule has 0 unspecified atom stereocenters. The zero-order valence-electron chi connectivity index (χ0n) is 10.5. The number of hydrogen-bond donors (Lipinski definition) is 0. The van der Waals surface area contributed by atoms with Crippen LogP contribution in [0.2, 0.25) is 10.2 Å². The first-order valence-corrected chi connectivity index (χ1v) is 6.70. The Labute approximate surface area is 125 Å². The molecule has 3 aromatic rings. The summed E-state index contributed by atoms with van der Waals surface area (Å²) in [6, 6.07) is 10.1. The van der Waals surface area contributed by atoms with Gasteiger partial charge in [-0.05, 0) is 30.7 Å². The molecule has 0 aliphatic rings. The van der Waals surface area contributed by atoms with Crippen LogP contribution in [0.3, 0.4) is 0 Å². The summed E-state index contributed by atoms with van der Waals surface area (Å²) in [7, 11) is 0. The maximum absolute atomic E-state index is 13.9. The summed E-state index contributed by atoms with van der Waals surface area (Å²) in [5.74, 6) is -0.0623. The molecule has 0 saturated heterocycles. The Morgan fingerprint density at radius 1 is 1.05 bits per heavy atom. The van der Waals surface area contributed by atoms with Crippen LogP contribution in [0, 0.1) is 12.7 Å². The molecule has 2 aromatic carbocycles. The van der Waals surface area contributed by atoms with Crippen LogP contribution in [-0.4, -0.2) is 9.97 Å². The van der Waals surface area contributed by atoms with Gasteiger partial charge in [-0.3, -0.25) is 0 Å². The van der Waals surface area contributed by atoms with Crippen molar-refractivity contribution in [1.29, 1.82) is 0 Å². The van der Waals surface area contributed by atoms with E-state index in [1.54, 1.807) is 30.3 Å². The van der Waals surface area contributed by atoms with E-state index >= 15 is 0 Å². The molecule has 0 atom stereocenters. The van der Waals surface area contributed by atoms with E-state index in [0.29, 0.717) is 21.8 Å². The SMILES string of the molecule is Cc1ccc(F)c2nc(-c3cccc(Cl)c3)nc(Cl)c12. The number of aryl methyl sites for hydroxylation is 1. The lowest BCUT2D eigenvalue weighted by Gasteiger charge is -2.07. The van der Waals surface area contributed by atoms with Crippen molar-refractivity contribution >= 4 is 34.1 Å². The standard InChI is InChI=1S/C15H9Cl2FN2/c1-8-5-6-11(18)13-12(8)14(17)20-15(19-13)9-3-2-4-10(16)7-9/h2-7H,1H3. The fourth-order valence-corrected chi connectivity index (χ4v) is 2.58. The van der Waals surface area contributed by atoms with Crippen LogP contribution in [0.4, 0.5) is 4.39 Å². The molecule has 0 aliphatic carbocycles. The van der Waals surface area contributed by atoms with Gasteiger partial charge in [-0.15, -0.1) is 0 Å². The van der Waals surface area contributed by atoms with Gasteiger partial charge >= 0.3 is 0 Å². The second-order valence-corrected chi connectivity index (χ2v) is 5.23. The van der Waals surface area contributed by atoms with Gasteiger partial charge in [0.1, 0.15) is 16.5 Å². The molecule has 0 radical (unpaired) electrons. The van der Waals surface area contributed by atoms with Gasteiger partial charge in [0, 0.05) is 16.0 Å². The lowest BCUT2D eigenvalue weighted by atomic mass is 10.1. The average Bonchev–Trinajstić information content (AvgIpc) is 2.42. The van der Waals surface area contributed by atoms with Gasteiger partial charge in [-0.1, -0.05) is 41.4 Å². The molecule has 0 saturated carbocycles. The Morgan fingerprint density at radius 2 is 1.85 bits per heavy atom. The molecular weight excluding hydrogens is 298 g/mol. The highest BCUT2D eigenvalue weighted by molar-refractivity contribution is 6.34. The summed E-state index contributed by atoms with van der Waals surface area (Å²) >= 11 is 12.1. The molecule has 1 aromatic heterocycles. The normalized spacial score (nSPS) is 11.0. The zero-order chi connectivity index (χ0) is 14.3. The maximum atomic E-state index is 13.9. The maximum Gasteiger partial charge on any atom is 0.161 e. The molecule has 2 nitrogen and oxygen atoms in total. The highest BCUT2D eigenvalue weighted by Crippen LogP contribution is 2.29. The van der Waals surface area contributed by atoms with Crippen molar-refractivity contribution in [1.82, 2.24) is 9.97 Å². The summed E-state index contributed by atoms with van der Waals surface area (Å²) in [6.45, 7) is 1.84. The van der Waals surface area contributed by atoms with Gasteiger partial charge in [-0.2, -0.15) is 0 Å². The number of halogens is 3. The Bertz CT molecular complexity index is 818. The monoisotopic (exact) mass is 306 g/mol. The fraction of sp³-hybridized carbons (Fsp3) is 0.0667. The van der Waals surface area contributed by atoms with E-state index in [1.807, 2.05) is 6.92 Å². The van der Waals surface area contributed by atoms with Gasteiger partial charge in [0.25, 0.3) is 0 Å². The quantitative estimate of drug-likeness (QED) is 0.588. The minimum absolute atomic E-state index is 0.222. The third-order valence-electron chi connectivity index (χ3n) is 3.05. The first-order chi connectivity index (χ1) is 9.56. The third kappa shape index (κ3) is 2.23. The summed E-state index contributed by atoms with van der Waals surface area (Å²) in [5, 5.41) is 1.34. The van der Waals surface area contributed by atoms with Crippen molar-refractivity contribution in [3.8, 4) is 11.4 Å². The van der Waals surface area contributed by atoms with Gasteiger partial charge in [0.2, 0.25) is 0 Å². The van der Waals surface area contributed by atoms with Crippen molar-refractivity contribution in [2.24, 2.45) is 0 Å². The predicted molar refractivity (Wildman–Crippen MR) is 79.7 cm³/mol. The Morgan fingerprint density at radius 3 is 2.60 bits per heavy atom. The molecule has 100 valence electrons. The molecule has 0 amide bonds. The largest absolute Gasteiger partial charge is 0.225 e. The molecule has 0 aliphatic heterocycles. The molecule has 0 N–H and O–H groups in total. The second kappa shape index (κ2) is 5.00. The van der Waals surface area contributed by atoms with Crippen LogP contribution in [0.15, 0.2) is 36.4 Å². The number of nitrogens with zero attached hydrogens (tertiary/aromatic N) is 2. The number of aromatic nitrogens is 2. The summed E-state index contributed by atoms with van der Waals surface area (Å²) in [4.78, 5) is 8.52. The van der Waals surface area contributed by atoms with E-state index in [1.165, 1.54) is 6.07 Å². The lowest BCUT2D eigenvalue weighted by molar-refractivity contribution is 0.636. The lowest BCUT2D eigenvalue weighted by Crippen LogP contribution is -1.95. The smallest absolute Gasteiger partial charge is 0.161 e. The Balaban J connectivity index is 2.32. The number of rotatable bonds is 1. The van der Waals surface area contributed by atoms with Crippen LogP contribution in [-0.2, 0) is 0 Å². The molecule has 0 fully saturated rings. The van der Waals surface area contributed by atoms with Crippen LogP contribution in [0.25, 0.3) is 22.3 Å². The van der Waals surface area contributed by atoms with Crippen molar-refractivity contribution in [3.05, 3.63) is 58.0 Å². The van der Waals surface area contributed by atoms with E-state index in [-0.39, 0.29) is 10.7 Å². The van der Waals surface area contributed by atoms with Crippen LogP contribution in [0.5, 0.6) is 0 Å². The van der Waals surface area contributed by atoms with E-state index in [9.17, 15) is 4.39 Å². The molecule has 1 heterocycles. The minimum Gasteiger partial charge on any atom is -0.225 e. The molecule has 5 heteroatoms. The number of fused-ring (bicyclic) bond motifs is 1. The van der Waals surface area contributed by atoms with Gasteiger partial charge < -0.3 is 0 Å². The topological polar surface area (TPSA) is 25.8 Å². The first kappa shape index (κ1) is 13.3. The number of benzene rings is 2. The third-order valence-corrected chi connectivity index (χ3v) is 3.56. The summed E-state index contributed by atoms with van der Waals surface area (Å²) < 4.78 is 13.9. The molecule has 0 bridgehead atoms. The first-order valence-electron chi connectivity index (χ1n) is 5.94. The predicted octanol–water partition coefficient (Wildman–Crippen LogP) is 5.05. The van der Waals surface area contributed by atoms with Crippen molar-refractivity contribution in [2.75, 3.05) is 0 Å². The average molecular weight is 307 g/mol. The summed E-state index contributed by atoms with van der Waals surface area (Å²) in [5.41, 5.74) is 1.76. The summed E-state index contributed by atoms with van der Waals surface area (Å²) in [6.07, 6.45) is 0. The van der Waals surface area contributed by atoms with E-state index < -0.39 is 5.82 Å². The molecule has 0 spiro atoms. The van der Waals surface area contributed by atoms with Crippen molar-refractivity contribution < 1.29 is 4.39 Å². The highest BCUT2D eigenvalue weighted by atomic mass is 35.5. The van der Waals surface area contributed by atoms with E-state index in [2.05, 4.69) is 9.97 Å². The number of hydrogen-bond acceptors (Lipinski definition) is 2. The van der Waals surface area contributed by atoms with Crippen molar-refractivity contribution in [2.45, 2.75) is 6.92 Å². The second-order valence-electron chi connectivity index (χ2n) is 4.44. The molecule has 3 rings (SSSR count). The van der Waals surface area contributed by atoms with Gasteiger partial charge in [0.15, 0.2) is 5.82 Å². The van der Waals surface area contributed by atoms with E-state index in [0.717, 1.165) is 5.56 Å². The van der Waals surface area contributed by atoms with Crippen LogP contribution < -0.4 is 0 Å². The zero-order valence-corrected chi connectivity index (χ0v) is 12.0. The Kier molecular flexibility index (Phi) is 3.32. The highest BCUT2D eigenvalue weighted by Gasteiger charge is 2.13.